The number of carbonyl (C=O) groups is 1. The minimum atomic E-state index is 0.0427. The van der Waals surface area contributed by atoms with Gasteiger partial charge in [0.1, 0.15) is 0 Å². The van der Waals surface area contributed by atoms with Gasteiger partial charge in [0.25, 0.3) is 0 Å². The number of nitriles is 1. The molecule has 0 heterocycles. The zero-order valence-electron chi connectivity index (χ0n) is 10.4. The molecule has 0 aromatic heterocycles. The van der Waals surface area contributed by atoms with Crippen LogP contribution in [0.5, 0.6) is 0 Å². The molecule has 4 nitrogen and oxygen atoms in total. The molecule has 0 radical (unpaired) electrons. The minimum Gasteiger partial charge on any atom is -0.353 e. The molecule has 1 rings (SSSR count). The van der Waals surface area contributed by atoms with E-state index in [1.54, 1.807) is 0 Å². The number of hydrogen-bond acceptors (Lipinski definition) is 3. The quantitative estimate of drug-likeness (QED) is 0.777. The van der Waals surface area contributed by atoms with Gasteiger partial charge < -0.3 is 5.32 Å². The number of rotatable bonds is 4. The van der Waals surface area contributed by atoms with Crippen LogP contribution in [-0.4, -0.2) is 36.5 Å². The molecule has 1 aliphatic rings. The molecule has 2 atom stereocenters. The van der Waals surface area contributed by atoms with Crippen molar-refractivity contribution in [3.63, 3.8) is 0 Å². The van der Waals surface area contributed by atoms with E-state index in [9.17, 15) is 4.79 Å². The van der Waals surface area contributed by atoms with Gasteiger partial charge in [0.05, 0.1) is 18.5 Å². The molecule has 0 aromatic carbocycles. The summed E-state index contributed by atoms with van der Waals surface area (Å²) in [5.41, 5.74) is 0. The predicted octanol–water partition coefficient (Wildman–Crippen LogP) is 1.14. The topological polar surface area (TPSA) is 56.1 Å². The largest absolute Gasteiger partial charge is 0.353 e. The molecule has 0 spiro atoms. The van der Waals surface area contributed by atoms with Crippen LogP contribution in [0.1, 0.15) is 33.1 Å². The van der Waals surface area contributed by atoms with Gasteiger partial charge in [-0.2, -0.15) is 5.26 Å². The van der Waals surface area contributed by atoms with Crippen molar-refractivity contribution in [3.05, 3.63) is 0 Å². The van der Waals surface area contributed by atoms with Gasteiger partial charge in [-0.15, -0.1) is 0 Å². The lowest BCUT2D eigenvalue weighted by Crippen LogP contribution is -2.43. The summed E-state index contributed by atoms with van der Waals surface area (Å²) in [6.45, 7) is 4.29. The number of likely N-dealkylation sites (N-methyl/N-ethyl adjacent to an activating group) is 1. The third-order valence-corrected chi connectivity index (χ3v) is 3.05. The molecule has 1 aliphatic carbocycles. The number of hydrogen-bond donors (Lipinski definition) is 1. The van der Waals surface area contributed by atoms with Crippen molar-refractivity contribution in [1.29, 1.82) is 5.26 Å². The van der Waals surface area contributed by atoms with E-state index in [-0.39, 0.29) is 23.9 Å². The lowest BCUT2D eigenvalue weighted by molar-refractivity contribution is -0.123. The molecule has 0 saturated heterocycles. The van der Waals surface area contributed by atoms with Crippen molar-refractivity contribution in [2.45, 2.75) is 45.2 Å². The van der Waals surface area contributed by atoms with E-state index in [0.29, 0.717) is 6.54 Å². The molecule has 1 saturated carbocycles. The number of amides is 1. The summed E-state index contributed by atoms with van der Waals surface area (Å²) in [5.74, 6) is 0.137. The van der Waals surface area contributed by atoms with E-state index in [4.69, 9.17) is 5.26 Å². The highest BCUT2D eigenvalue weighted by Crippen LogP contribution is 2.28. The molecule has 90 valence electrons. The van der Waals surface area contributed by atoms with Crippen molar-refractivity contribution < 1.29 is 4.79 Å². The van der Waals surface area contributed by atoms with Crippen LogP contribution < -0.4 is 5.32 Å². The standard InChI is InChI=1S/C12H21N3O/c1-9(2)14-12(16)8-15(3)11-6-4-5-10(11)7-13/h9-11H,4-6,8H2,1-3H3,(H,14,16). The Balaban J connectivity index is 2.43. The SMILES string of the molecule is CC(C)NC(=O)CN(C)C1CCCC1C#N. The maximum atomic E-state index is 11.6. The van der Waals surface area contributed by atoms with Crippen LogP contribution in [0.4, 0.5) is 0 Å². The van der Waals surface area contributed by atoms with Crippen molar-refractivity contribution in [3.8, 4) is 6.07 Å². The van der Waals surface area contributed by atoms with Crippen LogP contribution in [-0.2, 0) is 4.79 Å². The Morgan fingerprint density at radius 3 is 2.81 bits per heavy atom. The second kappa shape index (κ2) is 5.86. The van der Waals surface area contributed by atoms with Crippen LogP contribution in [0.15, 0.2) is 0 Å². The van der Waals surface area contributed by atoms with Gasteiger partial charge in [0.15, 0.2) is 0 Å². The number of carbonyl (C=O) groups excluding carboxylic acids is 1. The molecule has 4 heteroatoms. The molecule has 0 bridgehead atoms. The molecule has 0 aliphatic heterocycles. The number of nitrogens with one attached hydrogen (secondary N) is 1. The van der Waals surface area contributed by atoms with Crippen molar-refractivity contribution in [1.82, 2.24) is 10.2 Å². The predicted molar refractivity (Wildman–Crippen MR) is 62.7 cm³/mol. The van der Waals surface area contributed by atoms with Gasteiger partial charge in [-0.1, -0.05) is 6.42 Å². The van der Waals surface area contributed by atoms with E-state index < -0.39 is 0 Å². The third kappa shape index (κ3) is 3.49. The summed E-state index contributed by atoms with van der Waals surface area (Å²) >= 11 is 0. The molecular weight excluding hydrogens is 202 g/mol. The first-order chi connectivity index (χ1) is 7.54. The monoisotopic (exact) mass is 223 g/mol. The van der Waals surface area contributed by atoms with Crippen molar-refractivity contribution in [2.75, 3.05) is 13.6 Å². The van der Waals surface area contributed by atoms with Gasteiger partial charge in [0, 0.05) is 12.1 Å². The lowest BCUT2D eigenvalue weighted by atomic mass is 10.0. The lowest BCUT2D eigenvalue weighted by Gasteiger charge is -2.26. The minimum absolute atomic E-state index is 0.0427. The van der Waals surface area contributed by atoms with Gasteiger partial charge in [-0.3, -0.25) is 9.69 Å². The van der Waals surface area contributed by atoms with E-state index in [1.165, 1.54) is 0 Å². The zero-order valence-corrected chi connectivity index (χ0v) is 10.4. The van der Waals surface area contributed by atoms with Gasteiger partial charge in [-0.25, -0.2) is 0 Å². The van der Waals surface area contributed by atoms with E-state index in [2.05, 4.69) is 11.4 Å². The highest BCUT2D eigenvalue weighted by Gasteiger charge is 2.30. The maximum absolute atomic E-state index is 11.6. The molecule has 2 unspecified atom stereocenters. The average Bonchev–Trinajstić information content (AvgIpc) is 2.63. The van der Waals surface area contributed by atoms with Crippen LogP contribution in [0.25, 0.3) is 0 Å². The molecule has 1 amide bonds. The average molecular weight is 223 g/mol. The Bertz CT molecular complexity index is 282. The van der Waals surface area contributed by atoms with Crippen molar-refractivity contribution in [2.24, 2.45) is 5.92 Å². The Kier molecular flexibility index (Phi) is 4.75. The molecule has 0 aromatic rings. The first-order valence-electron chi connectivity index (χ1n) is 5.93. The molecule has 1 fully saturated rings. The summed E-state index contributed by atoms with van der Waals surface area (Å²) in [7, 11) is 1.93. The van der Waals surface area contributed by atoms with Crippen LogP contribution in [0.2, 0.25) is 0 Å². The highest BCUT2D eigenvalue weighted by atomic mass is 16.2. The van der Waals surface area contributed by atoms with Gasteiger partial charge in [0.2, 0.25) is 5.91 Å². The van der Waals surface area contributed by atoms with Crippen LogP contribution >= 0.6 is 0 Å². The summed E-state index contributed by atoms with van der Waals surface area (Å²) in [6.07, 6.45) is 3.10. The van der Waals surface area contributed by atoms with E-state index in [0.717, 1.165) is 19.3 Å². The molecule has 16 heavy (non-hydrogen) atoms. The normalized spacial score (nSPS) is 24.8. The van der Waals surface area contributed by atoms with Gasteiger partial charge in [-0.05, 0) is 33.7 Å². The summed E-state index contributed by atoms with van der Waals surface area (Å²) in [4.78, 5) is 13.6. The smallest absolute Gasteiger partial charge is 0.234 e. The third-order valence-electron chi connectivity index (χ3n) is 3.05. The maximum Gasteiger partial charge on any atom is 0.234 e. The second-order valence-corrected chi connectivity index (χ2v) is 4.87. The Morgan fingerprint density at radius 1 is 1.56 bits per heavy atom. The Morgan fingerprint density at radius 2 is 2.25 bits per heavy atom. The Hall–Kier alpha value is -1.08. The molecule has 1 N–H and O–H groups in total. The van der Waals surface area contributed by atoms with Crippen LogP contribution in [0, 0.1) is 17.2 Å². The zero-order chi connectivity index (χ0) is 12.1. The second-order valence-electron chi connectivity index (χ2n) is 4.87. The first kappa shape index (κ1) is 13.0. The fourth-order valence-corrected chi connectivity index (χ4v) is 2.33. The first-order valence-corrected chi connectivity index (χ1v) is 5.93. The Labute approximate surface area is 97.6 Å². The molecular formula is C12H21N3O. The highest BCUT2D eigenvalue weighted by molar-refractivity contribution is 5.78. The fourth-order valence-electron chi connectivity index (χ4n) is 2.33. The summed E-state index contributed by atoms with van der Waals surface area (Å²) in [6, 6.07) is 2.77. The van der Waals surface area contributed by atoms with Crippen LogP contribution in [0.3, 0.4) is 0 Å². The fraction of sp³-hybridized carbons (Fsp3) is 0.833. The summed E-state index contributed by atoms with van der Waals surface area (Å²) < 4.78 is 0. The summed E-state index contributed by atoms with van der Waals surface area (Å²) in [5, 5.41) is 11.9. The van der Waals surface area contributed by atoms with E-state index in [1.807, 2.05) is 25.8 Å². The van der Waals surface area contributed by atoms with E-state index >= 15 is 0 Å². The number of nitrogens with zero attached hydrogens (tertiary/aromatic N) is 2. The van der Waals surface area contributed by atoms with Crippen molar-refractivity contribution >= 4 is 5.91 Å². The van der Waals surface area contributed by atoms with Gasteiger partial charge >= 0.3 is 0 Å².